The lowest BCUT2D eigenvalue weighted by molar-refractivity contribution is -0.118. The molecule has 5 nitrogen and oxygen atoms in total. The maximum atomic E-state index is 11.3. The number of benzene rings is 1. The molecule has 1 amide bonds. The zero-order valence-electron chi connectivity index (χ0n) is 10.9. The van der Waals surface area contributed by atoms with Crippen molar-refractivity contribution in [3.05, 3.63) is 23.8 Å². The zero-order valence-corrected chi connectivity index (χ0v) is 11.7. The molecular formula is C13H18N2O3S. The van der Waals surface area contributed by atoms with Gasteiger partial charge in [-0.05, 0) is 17.7 Å². The fraction of sp³-hybridized carbons (Fsp3) is 0.462. The van der Waals surface area contributed by atoms with E-state index in [1.807, 2.05) is 25.1 Å². The highest BCUT2D eigenvalue weighted by molar-refractivity contribution is 7.84. The normalized spacial score (nSPS) is 15.3. The molecule has 0 aromatic heterocycles. The molecule has 0 radical (unpaired) electrons. The van der Waals surface area contributed by atoms with Crippen molar-refractivity contribution in [2.24, 2.45) is 0 Å². The van der Waals surface area contributed by atoms with E-state index in [1.54, 1.807) is 0 Å². The second-order valence-electron chi connectivity index (χ2n) is 4.28. The summed E-state index contributed by atoms with van der Waals surface area (Å²) in [5.41, 5.74) is 1.78. The van der Waals surface area contributed by atoms with Crippen LogP contribution in [-0.2, 0) is 22.1 Å². The van der Waals surface area contributed by atoms with Crippen molar-refractivity contribution in [1.29, 1.82) is 0 Å². The van der Waals surface area contributed by atoms with E-state index in [4.69, 9.17) is 4.74 Å². The van der Waals surface area contributed by atoms with Crippen molar-refractivity contribution >= 4 is 22.4 Å². The summed E-state index contributed by atoms with van der Waals surface area (Å²) in [4.78, 5) is 11.2. The predicted octanol–water partition coefficient (Wildman–Crippen LogP) is 0.876. The maximum absolute atomic E-state index is 11.3. The van der Waals surface area contributed by atoms with E-state index in [0.717, 1.165) is 12.1 Å². The summed E-state index contributed by atoms with van der Waals surface area (Å²) >= 11 is 0. The number of fused-ring (bicyclic) bond motifs is 1. The topological polar surface area (TPSA) is 67.4 Å². The maximum Gasteiger partial charge on any atom is 0.262 e. The van der Waals surface area contributed by atoms with E-state index in [1.165, 1.54) is 0 Å². The van der Waals surface area contributed by atoms with Crippen molar-refractivity contribution in [3.8, 4) is 5.75 Å². The lowest BCUT2D eigenvalue weighted by Crippen LogP contribution is -2.25. The van der Waals surface area contributed by atoms with Crippen LogP contribution in [0.15, 0.2) is 18.2 Å². The summed E-state index contributed by atoms with van der Waals surface area (Å²) in [5.74, 6) is 1.94. The van der Waals surface area contributed by atoms with Gasteiger partial charge in [-0.3, -0.25) is 9.00 Å². The Bertz CT molecular complexity index is 491. The molecule has 0 saturated heterocycles. The van der Waals surface area contributed by atoms with Crippen LogP contribution in [0.4, 0.5) is 5.69 Å². The van der Waals surface area contributed by atoms with Crippen molar-refractivity contribution in [3.63, 3.8) is 0 Å². The van der Waals surface area contributed by atoms with Crippen LogP contribution in [-0.4, -0.2) is 34.8 Å². The van der Waals surface area contributed by atoms with Crippen LogP contribution < -0.4 is 15.4 Å². The highest BCUT2D eigenvalue weighted by atomic mass is 32.2. The van der Waals surface area contributed by atoms with Crippen LogP contribution in [0.2, 0.25) is 0 Å². The minimum Gasteiger partial charge on any atom is -0.482 e. The van der Waals surface area contributed by atoms with Gasteiger partial charge < -0.3 is 15.4 Å². The Hall–Kier alpha value is -1.40. The third-order valence-corrected chi connectivity index (χ3v) is 4.14. The van der Waals surface area contributed by atoms with E-state index in [-0.39, 0.29) is 12.5 Å². The molecule has 6 heteroatoms. The van der Waals surface area contributed by atoms with Crippen LogP contribution in [0, 0.1) is 0 Å². The molecule has 1 atom stereocenters. The van der Waals surface area contributed by atoms with Crippen LogP contribution >= 0.6 is 0 Å². The smallest absolute Gasteiger partial charge is 0.262 e. The van der Waals surface area contributed by atoms with Gasteiger partial charge in [-0.2, -0.15) is 0 Å². The first-order valence-corrected chi connectivity index (χ1v) is 7.79. The van der Waals surface area contributed by atoms with Gasteiger partial charge in [0.1, 0.15) is 5.75 Å². The summed E-state index contributed by atoms with van der Waals surface area (Å²) in [6.45, 7) is 3.40. The molecule has 0 fully saturated rings. The number of rotatable bonds is 6. The number of ether oxygens (including phenoxy) is 1. The summed E-state index contributed by atoms with van der Waals surface area (Å²) < 4.78 is 16.5. The van der Waals surface area contributed by atoms with Gasteiger partial charge in [-0.25, -0.2) is 0 Å². The molecule has 1 aliphatic heterocycles. The minimum atomic E-state index is -0.731. The molecule has 1 aromatic rings. The van der Waals surface area contributed by atoms with Crippen LogP contribution in [0.25, 0.3) is 0 Å². The molecule has 1 aromatic carbocycles. The van der Waals surface area contributed by atoms with Crippen LogP contribution in [0.5, 0.6) is 5.75 Å². The Morgan fingerprint density at radius 2 is 2.32 bits per heavy atom. The lowest BCUT2D eigenvalue weighted by atomic mass is 10.1. The number of amides is 1. The predicted molar refractivity (Wildman–Crippen MR) is 75.8 cm³/mol. The van der Waals surface area contributed by atoms with E-state index in [0.29, 0.717) is 29.5 Å². The van der Waals surface area contributed by atoms with Gasteiger partial charge in [0.15, 0.2) is 6.61 Å². The molecule has 1 aliphatic rings. The number of hydrogen-bond acceptors (Lipinski definition) is 4. The van der Waals surface area contributed by atoms with E-state index < -0.39 is 10.8 Å². The number of hydrogen-bond donors (Lipinski definition) is 2. The Labute approximate surface area is 115 Å². The molecule has 0 spiro atoms. The van der Waals surface area contributed by atoms with Gasteiger partial charge in [0.05, 0.1) is 5.69 Å². The molecule has 0 saturated carbocycles. The number of carbonyl (C=O) groups is 1. The molecule has 0 aliphatic carbocycles. The summed E-state index contributed by atoms with van der Waals surface area (Å²) in [5, 5.41) is 6.02. The van der Waals surface area contributed by atoms with Gasteiger partial charge in [0, 0.05) is 35.4 Å². The molecule has 0 bridgehead atoms. The van der Waals surface area contributed by atoms with Crippen molar-refractivity contribution in [2.45, 2.75) is 13.5 Å². The molecule has 2 N–H and O–H groups in total. The standard InChI is InChI=1S/C13H18N2O3S/c1-2-19(17)6-5-14-8-10-3-4-12-11(7-10)15-13(16)9-18-12/h3-4,7,14H,2,5-6,8-9H2,1H3,(H,15,16). The summed E-state index contributed by atoms with van der Waals surface area (Å²) in [7, 11) is -0.731. The molecule has 19 heavy (non-hydrogen) atoms. The van der Waals surface area contributed by atoms with Gasteiger partial charge in [0.2, 0.25) is 0 Å². The zero-order chi connectivity index (χ0) is 13.7. The largest absolute Gasteiger partial charge is 0.482 e. The van der Waals surface area contributed by atoms with E-state index in [2.05, 4.69) is 10.6 Å². The number of nitrogens with one attached hydrogen (secondary N) is 2. The third kappa shape index (κ3) is 4.04. The monoisotopic (exact) mass is 282 g/mol. The highest BCUT2D eigenvalue weighted by Crippen LogP contribution is 2.28. The first-order valence-electron chi connectivity index (χ1n) is 6.30. The third-order valence-electron chi connectivity index (χ3n) is 2.83. The average molecular weight is 282 g/mol. The van der Waals surface area contributed by atoms with Crippen molar-refractivity contribution < 1.29 is 13.7 Å². The first kappa shape index (κ1) is 14.0. The second-order valence-corrected chi connectivity index (χ2v) is 6.14. The van der Waals surface area contributed by atoms with Gasteiger partial charge in [-0.1, -0.05) is 13.0 Å². The summed E-state index contributed by atoms with van der Waals surface area (Å²) in [6.07, 6.45) is 0. The number of anilines is 1. The molecule has 104 valence electrons. The van der Waals surface area contributed by atoms with Crippen molar-refractivity contribution in [2.75, 3.05) is 30.0 Å². The van der Waals surface area contributed by atoms with Crippen LogP contribution in [0.1, 0.15) is 12.5 Å². The first-order chi connectivity index (χ1) is 9.19. The molecule has 1 unspecified atom stereocenters. The molecule has 1 heterocycles. The van der Waals surface area contributed by atoms with Gasteiger partial charge in [-0.15, -0.1) is 0 Å². The van der Waals surface area contributed by atoms with Crippen LogP contribution in [0.3, 0.4) is 0 Å². The Kier molecular flexibility index (Phi) is 4.93. The molecular weight excluding hydrogens is 264 g/mol. The van der Waals surface area contributed by atoms with Crippen molar-refractivity contribution in [1.82, 2.24) is 5.32 Å². The second kappa shape index (κ2) is 6.68. The molecule has 2 rings (SSSR count). The number of carbonyl (C=O) groups excluding carboxylic acids is 1. The quantitative estimate of drug-likeness (QED) is 0.760. The van der Waals surface area contributed by atoms with Gasteiger partial charge in [0.25, 0.3) is 5.91 Å². The van der Waals surface area contributed by atoms with E-state index >= 15 is 0 Å². The fourth-order valence-electron chi connectivity index (χ4n) is 1.80. The Morgan fingerprint density at radius 1 is 1.47 bits per heavy atom. The lowest BCUT2D eigenvalue weighted by Gasteiger charge is -2.18. The Balaban J connectivity index is 1.86. The Morgan fingerprint density at radius 3 is 3.11 bits per heavy atom. The fourth-order valence-corrected chi connectivity index (χ4v) is 2.46. The summed E-state index contributed by atoms with van der Waals surface area (Å²) in [6, 6.07) is 5.71. The van der Waals surface area contributed by atoms with Gasteiger partial charge >= 0.3 is 0 Å². The average Bonchev–Trinajstić information content (AvgIpc) is 2.42. The minimum absolute atomic E-state index is 0.0768. The van der Waals surface area contributed by atoms with E-state index in [9.17, 15) is 9.00 Å². The SMILES string of the molecule is CCS(=O)CCNCc1ccc2c(c1)NC(=O)CO2. The highest BCUT2D eigenvalue weighted by Gasteiger charge is 2.15.